The highest BCUT2D eigenvalue weighted by Crippen LogP contribution is 2.33. The fourth-order valence-corrected chi connectivity index (χ4v) is 3.52. The van der Waals surface area contributed by atoms with Crippen LogP contribution in [0, 0.1) is 0 Å². The molecule has 1 aliphatic heterocycles. The number of pyridine rings is 1. The molecule has 0 bridgehead atoms. The molecule has 0 radical (unpaired) electrons. The normalized spacial score (nSPS) is 18.1. The molecular formula is C20H24ClN3O4. The van der Waals surface area contributed by atoms with Gasteiger partial charge in [-0.15, -0.1) is 0 Å². The Kier molecular flexibility index (Phi) is 6.72. The summed E-state index contributed by atoms with van der Waals surface area (Å²) in [6.07, 6.45) is 2.77. The van der Waals surface area contributed by atoms with Crippen LogP contribution in [0.3, 0.4) is 0 Å². The molecule has 1 aliphatic rings. The zero-order valence-electron chi connectivity index (χ0n) is 16.0. The average Bonchev–Trinajstić information content (AvgIpc) is 2.81. The van der Waals surface area contributed by atoms with E-state index in [9.17, 15) is 9.90 Å². The summed E-state index contributed by atoms with van der Waals surface area (Å²) >= 11 is 6.38. The molecule has 2 aromatic rings. The molecule has 3 rings (SSSR count). The Morgan fingerprint density at radius 1 is 1.21 bits per heavy atom. The molecule has 0 unspecified atom stereocenters. The van der Waals surface area contributed by atoms with Gasteiger partial charge in [-0.25, -0.2) is 0 Å². The van der Waals surface area contributed by atoms with Crippen molar-refractivity contribution in [3.05, 3.63) is 52.8 Å². The Morgan fingerprint density at radius 3 is 2.64 bits per heavy atom. The number of methoxy groups -OCH3 is 2. The number of nitrogens with zero attached hydrogens (tertiary/aromatic N) is 3. The van der Waals surface area contributed by atoms with Crippen LogP contribution in [0.4, 0.5) is 0 Å². The van der Waals surface area contributed by atoms with Crippen molar-refractivity contribution in [2.45, 2.75) is 19.2 Å². The molecule has 28 heavy (non-hydrogen) atoms. The van der Waals surface area contributed by atoms with E-state index in [1.165, 1.54) is 0 Å². The molecule has 1 aromatic carbocycles. The van der Waals surface area contributed by atoms with Crippen LogP contribution < -0.4 is 9.47 Å². The summed E-state index contributed by atoms with van der Waals surface area (Å²) in [5.74, 6) is 1.07. The molecule has 0 aliphatic carbocycles. The van der Waals surface area contributed by atoms with E-state index in [0.29, 0.717) is 36.2 Å². The lowest BCUT2D eigenvalue weighted by Crippen LogP contribution is -2.36. The van der Waals surface area contributed by atoms with Crippen molar-refractivity contribution in [3.8, 4) is 11.5 Å². The number of carbonyl (C=O) groups is 1. The Morgan fingerprint density at radius 2 is 1.96 bits per heavy atom. The summed E-state index contributed by atoms with van der Waals surface area (Å²) in [6, 6.07) is 7.25. The molecule has 8 heteroatoms. The minimum absolute atomic E-state index is 0.0444. The summed E-state index contributed by atoms with van der Waals surface area (Å²) in [4.78, 5) is 20.4. The van der Waals surface area contributed by atoms with Crippen molar-refractivity contribution in [1.29, 1.82) is 0 Å². The van der Waals surface area contributed by atoms with Gasteiger partial charge >= 0.3 is 0 Å². The Bertz CT molecular complexity index is 819. The third-order valence-corrected chi connectivity index (χ3v) is 5.01. The van der Waals surface area contributed by atoms with Crippen LogP contribution >= 0.6 is 11.6 Å². The number of aromatic nitrogens is 1. The number of benzene rings is 1. The third-order valence-electron chi connectivity index (χ3n) is 4.65. The van der Waals surface area contributed by atoms with Gasteiger partial charge in [0.15, 0.2) is 11.5 Å². The predicted octanol–water partition coefficient (Wildman–Crippen LogP) is 1.96. The smallest absolute Gasteiger partial charge is 0.237 e. The fraction of sp³-hybridized carbons (Fsp3) is 0.400. The summed E-state index contributed by atoms with van der Waals surface area (Å²) in [7, 11) is 3.11. The van der Waals surface area contributed by atoms with Crippen LogP contribution in [0.15, 0.2) is 36.7 Å². The van der Waals surface area contributed by atoms with Gasteiger partial charge in [0.05, 0.1) is 26.9 Å². The molecule has 1 aromatic heterocycles. The first-order chi connectivity index (χ1) is 13.5. The summed E-state index contributed by atoms with van der Waals surface area (Å²) in [5.41, 5.74) is 1.74. The molecule has 1 atom stereocenters. The zero-order valence-corrected chi connectivity index (χ0v) is 16.7. The van der Waals surface area contributed by atoms with Gasteiger partial charge in [0.25, 0.3) is 0 Å². The molecule has 0 saturated carbocycles. The number of halogens is 1. The Hall–Kier alpha value is -2.35. The highest BCUT2D eigenvalue weighted by molar-refractivity contribution is 6.31. The van der Waals surface area contributed by atoms with Gasteiger partial charge in [0.1, 0.15) is 0 Å². The second-order valence-corrected chi connectivity index (χ2v) is 7.16. The minimum atomic E-state index is -0.651. The molecule has 1 saturated heterocycles. The van der Waals surface area contributed by atoms with Crippen LogP contribution in [0.2, 0.25) is 5.02 Å². The molecule has 1 N–H and O–H groups in total. The van der Waals surface area contributed by atoms with Gasteiger partial charge in [-0.05, 0) is 23.3 Å². The first-order valence-electron chi connectivity index (χ1n) is 8.97. The average molecular weight is 406 g/mol. The van der Waals surface area contributed by atoms with Gasteiger partial charge < -0.3 is 19.5 Å². The van der Waals surface area contributed by atoms with Crippen LogP contribution in [0.5, 0.6) is 11.5 Å². The van der Waals surface area contributed by atoms with Crippen molar-refractivity contribution >= 4 is 17.5 Å². The van der Waals surface area contributed by atoms with Gasteiger partial charge in [-0.3, -0.25) is 14.7 Å². The van der Waals surface area contributed by atoms with Crippen LogP contribution in [0.25, 0.3) is 0 Å². The highest BCUT2D eigenvalue weighted by atomic mass is 35.5. The molecule has 150 valence electrons. The number of aliphatic hydroxyl groups excluding tert-OH is 1. The number of amides is 1. The van der Waals surface area contributed by atoms with Gasteiger partial charge in [-0.2, -0.15) is 0 Å². The molecule has 1 fully saturated rings. The molecule has 2 heterocycles. The van der Waals surface area contributed by atoms with Crippen molar-refractivity contribution < 1.29 is 19.4 Å². The minimum Gasteiger partial charge on any atom is -0.493 e. The second kappa shape index (κ2) is 9.23. The summed E-state index contributed by atoms with van der Waals surface area (Å²) in [5, 5.41) is 11.0. The topological polar surface area (TPSA) is 75.1 Å². The van der Waals surface area contributed by atoms with E-state index < -0.39 is 6.10 Å². The van der Waals surface area contributed by atoms with E-state index >= 15 is 0 Å². The van der Waals surface area contributed by atoms with Gasteiger partial charge in [-0.1, -0.05) is 17.7 Å². The standard InChI is InChI=1S/C20H24ClN3O4/c1-27-18-6-15(17(21)7-19(18)28-2)10-23-11-16(25)12-24(20(26)13-23)9-14-4-3-5-22-8-14/h3-8,16,25H,9-13H2,1-2H3/t16-/m1/s1. The first-order valence-corrected chi connectivity index (χ1v) is 9.35. The Labute approximate surface area is 169 Å². The first kappa shape index (κ1) is 20.4. The van der Waals surface area contributed by atoms with Gasteiger partial charge in [0.2, 0.25) is 5.91 Å². The maximum atomic E-state index is 12.7. The highest BCUT2D eigenvalue weighted by Gasteiger charge is 2.27. The SMILES string of the molecule is COc1cc(Cl)c(CN2CC(=O)N(Cc3cccnc3)C[C@H](O)C2)cc1OC. The van der Waals surface area contributed by atoms with Crippen LogP contribution in [-0.2, 0) is 17.9 Å². The molecule has 1 amide bonds. The number of β-amino-alcohol motifs (C(OH)–C–C–N with tert-alkyl or cyclic N) is 1. The van der Waals surface area contributed by atoms with E-state index in [4.69, 9.17) is 21.1 Å². The molecular weight excluding hydrogens is 382 g/mol. The van der Waals surface area contributed by atoms with Crippen LogP contribution in [-0.4, -0.2) is 65.8 Å². The maximum Gasteiger partial charge on any atom is 0.237 e. The number of rotatable bonds is 6. The number of aliphatic hydroxyl groups is 1. The zero-order chi connectivity index (χ0) is 20.1. The van der Waals surface area contributed by atoms with Crippen molar-refractivity contribution in [2.24, 2.45) is 0 Å². The summed E-state index contributed by atoms with van der Waals surface area (Å²) < 4.78 is 10.6. The number of hydrogen-bond donors (Lipinski definition) is 1. The van der Waals surface area contributed by atoms with Crippen molar-refractivity contribution in [1.82, 2.24) is 14.8 Å². The van der Waals surface area contributed by atoms with Crippen molar-refractivity contribution in [2.75, 3.05) is 33.9 Å². The Balaban J connectivity index is 1.73. The van der Waals surface area contributed by atoms with Crippen LogP contribution in [0.1, 0.15) is 11.1 Å². The number of carbonyl (C=O) groups excluding carboxylic acids is 1. The lowest BCUT2D eigenvalue weighted by Gasteiger charge is -2.22. The molecule has 0 spiro atoms. The lowest BCUT2D eigenvalue weighted by atomic mass is 10.1. The van der Waals surface area contributed by atoms with Crippen molar-refractivity contribution in [3.63, 3.8) is 0 Å². The molecule has 7 nitrogen and oxygen atoms in total. The number of hydrogen-bond acceptors (Lipinski definition) is 6. The lowest BCUT2D eigenvalue weighted by molar-refractivity contribution is -0.132. The van der Waals surface area contributed by atoms with E-state index in [-0.39, 0.29) is 19.0 Å². The fourth-order valence-electron chi connectivity index (χ4n) is 3.31. The number of ether oxygens (including phenoxy) is 2. The maximum absolute atomic E-state index is 12.7. The monoisotopic (exact) mass is 405 g/mol. The summed E-state index contributed by atoms with van der Waals surface area (Å²) in [6.45, 7) is 1.70. The quantitative estimate of drug-likeness (QED) is 0.791. The van der Waals surface area contributed by atoms with E-state index in [1.807, 2.05) is 17.0 Å². The van der Waals surface area contributed by atoms with E-state index in [2.05, 4.69) is 4.98 Å². The van der Waals surface area contributed by atoms with E-state index in [1.54, 1.807) is 43.6 Å². The van der Waals surface area contributed by atoms with E-state index in [0.717, 1.165) is 11.1 Å². The second-order valence-electron chi connectivity index (χ2n) is 6.76. The predicted molar refractivity (Wildman–Crippen MR) is 105 cm³/mol. The van der Waals surface area contributed by atoms with Gasteiger partial charge in [0, 0.05) is 49.7 Å². The largest absolute Gasteiger partial charge is 0.493 e. The third kappa shape index (κ3) is 4.92.